The van der Waals surface area contributed by atoms with Crippen molar-refractivity contribution in [2.45, 2.75) is 6.92 Å². The Balaban J connectivity index is 2.89. The lowest BCUT2D eigenvalue weighted by molar-refractivity contribution is 1.35. The summed E-state index contributed by atoms with van der Waals surface area (Å²) in [5.41, 5.74) is 4.84. The topological polar surface area (TPSA) is 4.93 Å². The van der Waals surface area contributed by atoms with Gasteiger partial charge in [-0.05, 0) is 73.7 Å². The zero-order valence-corrected chi connectivity index (χ0v) is 15.7. The number of aromatic nitrogens is 1. The van der Waals surface area contributed by atoms with Crippen LogP contribution in [0.1, 0.15) is 16.7 Å². The molecule has 0 bridgehead atoms. The Morgan fingerprint density at radius 1 is 1.50 bits per heavy atom. The van der Waals surface area contributed by atoms with Gasteiger partial charge in [-0.25, -0.2) is 0 Å². The highest BCUT2D eigenvalue weighted by Crippen LogP contribution is 2.34. The summed E-state index contributed by atoms with van der Waals surface area (Å²) in [6, 6.07) is 4.32. The molecule has 94 valence electrons. The van der Waals surface area contributed by atoms with Gasteiger partial charge < -0.3 is 0 Å². The highest BCUT2D eigenvalue weighted by atomic mass is 127. The Morgan fingerprint density at radius 2 is 2.22 bits per heavy atom. The summed E-state index contributed by atoms with van der Waals surface area (Å²) in [5, 5.41) is 1.24. The Hall–Kier alpha value is 0.280. The molecule has 0 saturated heterocycles. The second-order valence-electron chi connectivity index (χ2n) is 3.81. The van der Waals surface area contributed by atoms with E-state index in [0.29, 0.717) is 0 Å². The minimum absolute atomic E-state index is 0.945. The van der Waals surface area contributed by atoms with Crippen LogP contribution in [0.3, 0.4) is 0 Å². The van der Waals surface area contributed by atoms with Gasteiger partial charge in [-0.15, -0.1) is 0 Å². The predicted molar refractivity (Wildman–Crippen MR) is 99.6 cm³/mol. The fourth-order valence-corrected chi connectivity index (χ4v) is 3.84. The van der Waals surface area contributed by atoms with E-state index in [1.807, 2.05) is 6.08 Å². The maximum absolute atomic E-state index is 3.91. The van der Waals surface area contributed by atoms with Crippen molar-refractivity contribution < 1.29 is 0 Å². The molecular weight excluding hydrogens is 489 g/mol. The number of rotatable bonds is 3. The van der Waals surface area contributed by atoms with Crippen molar-refractivity contribution in [3.8, 4) is 0 Å². The van der Waals surface area contributed by atoms with E-state index in [4.69, 9.17) is 0 Å². The molecule has 0 N–H and O–H groups in total. The highest BCUT2D eigenvalue weighted by Gasteiger charge is 2.11. The van der Waals surface area contributed by atoms with Crippen LogP contribution in [-0.4, -0.2) is 3.97 Å². The Labute approximate surface area is 140 Å². The van der Waals surface area contributed by atoms with Gasteiger partial charge in [0.15, 0.2) is 0 Å². The Morgan fingerprint density at radius 3 is 2.78 bits per heavy atom. The van der Waals surface area contributed by atoms with E-state index in [9.17, 15) is 0 Å². The molecule has 0 saturated carbocycles. The summed E-state index contributed by atoms with van der Waals surface area (Å²) in [7, 11) is 1.66. The molecule has 0 fully saturated rings. The van der Waals surface area contributed by atoms with Crippen LogP contribution in [0.5, 0.6) is 0 Å². The lowest BCUT2D eigenvalue weighted by Gasteiger charge is -2.09. The van der Waals surface area contributed by atoms with Crippen LogP contribution in [0.2, 0.25) is 0 Å². The Bertz CT molecular complexity index is 642. The maximum atomic E-state index is 3.91. The first kappa shape index (κ1) is 14.7. The van der Waals surface area contributed by atoms with E-state index < -0.39 is 0 Å². The SMILES string of the molecule is C=Cc1cc(C)c(C=C(Br)Br)c2ccn(SI)c12. The first-order valence-corrected chi connectivity index (χ1v) is 10.1. The van der Waals surface area contributed by atoms with Crippen LogP contribution in [0.25, 0.3) is 23.1 Å². The minimum Gasteiger partial charge on any atom is -0.282 e. The summed E-state index contributed by atoms with van der Waals surface area (Å²) in [6.45, 7) is 6.03. The number of halogens is 3. The third-order valence-electron chi connectivity index (χ3n) is 2.76. The van der Waals surface area contributed by atoms with Crippen LogP contribution < -0.4 is 0 Å². The molecule has 0 amide bonds. The summed E-state index contributed by atoms with van der Waals surface area (Å²) < 4.78 is 3.10. The maximum Gasteiger partial charge on any atom is 0.0676 e. The van der Waals surface area contributed by atoms with Gasteiger partial charge in [-0.3, -0.25) is 3.97 Å². The second kappa shape index (κ2) is 6.15. The van der Waals surface area contributed by atoms with Gasteiger partial charge in [0, 0.05) is 41.9 Å². The molecule has 1 heterocycles. The second-order valence-corrected chi connectivity index (χ2v) is 8.29. The first-order chi connectivity index (χ1) is 8.58. The highest BCUT2D eigenvalue weighted by molar-refractivity contribution is 14.2. The molecular formula is C13H10Br2INS. The summed E-state index contributed by atoms with van der Waals surface area (Å²) in [4.78, 5) is 0. The molecule has 18 heavy (non-hydrogen) atoms. The monoisotopic (exact) mass is 497 g/mol. The number of nitrogens with zero attached hydrogens (tertiary/aromatic N) is 1. The number of hydrogen-bond acceptors (Lipinski definition) is 1. The van der Waals surface area contributed by atoms with Gasteiger partial charge in [0.25, 0.3) is 0 Å². The third kappa shape index (κ3) is 2.73. The van der Waals surface area contributed by atoms with Crippen LogP contribution >= 0.6 is 62.2 Å². The van der Waals surface area contributed by atoms with E-state index in [-0.39, 0.29) is 0 Å². The van der Waals surface area contributed by atoms with Crippen molar-refractivity contribution in [2.24, 2.45) is 0 Å². The van der Waals surface area contributed by atoms with Crippen LogP contribution in [-0.2, 0) is 0 Å². The molecule has 5 heteroatoms. The van der Waals surface area contributed by atoms with Crippen LogP contribution in [0.4, 0.5) is 0 Å². The van der Waals surface area contributed by atoms with Gasteiger partial charge in [-0.2, -0.15) is 0 Å². The first-order valence-electron chi connectivity index (χ1n) is 5.17. The number of fused-ring (bicyclic) bond motifs is 1. The Kier molecular flexibility index (Phi) is 5.02. The molecule has 1 aromatic heterocycles. The van der Waals surface area contributed by atoms with Crippen LogP contribution in [0, 0.1) is 6.92 Å². The van der Waals surface area contributed by atoms with E-state index >= 15 is 0 Å². The van der Waals surface area contributed by atoms with Crippen molar-refractivity contribution in [2.75, 3.05) is 0 Å². The number of hydrogen-bond donors (Lipinski definition) is 0. The van der Waals surface area contributed by atoms with Crippen molar-refractivity contribution >= 4 is 85.2 Å². The molecule has 0 aliphatic rings. The summed E-state index contributed by atoms with van der Waals surface area (Å²) in [6.07, 6.45) is 6.09. The zero-order valence-electron chi connectivity index (χ0n) is 9.58. The van der Waals surface area contributed by atoms with Gasteiger partial charge in [0.2, 0.25) is 0 Å². The van der Waals surface area contributed by atoms with Crippen molar-refractivity contribution in [3.05, 3.63) is 45.0 Å². The van der Waals surface area contributed by atoms with Gasteiger partial charge in [-0.1, -0.05) is 12.7 Å². The van der Waals surface area contributed by atoms with Gasteiger partial charge in [0.05, 0.1) is 8.91 Å². The molecule has 0 atom stereocenters. The predicted octanol–water partition coefficient (Wildman–Crippen LogP) is 6.53. The average molecular weight is 499 g/mol. The van der Waals surface area contributed by atoms with Crippen molar-refractivity contribution in [1.82, 2.24) is 3.97 Å². The van der Waals surface area contributed by atoms with Gasteiger partial charge in [0.1, 0.15) is 0 Å². The standard InChI is InChI=1S/C13H10Br2INS/c1-3-9-6-8(2)11(7-12(14)15)10-4-5-17(18-16)13(9)10/h3-7H,1H2,2H3. The molecule has 0 radical (unpaired) electrons. The fraction of sp³-hybridized carbons (Fsp3) is 0.0769. The minimum atomic E-state index is 0.945. The van der Waals surface area contributed by atoms with E-state index in [1.165, 1.54) is 27.6 Å². The molecule has 0 aliphatic carbocycles. The molecule has 2 aromatic rings. The summed E-state index contributed by atoms with van der Waals surface area (Å²) >= 11 is 9.16. The van der Waals surface area contributed by atoms with Crippen molar-refractivity contribution in [1.29, 1.82) is 0 Å². The molecule has 1 nitrogen and oxygen atoms in total. The smallest absolute Gasteiger partial charge is 0.0676 e. The fourth-order valence-electron chi connectivity index (χ4n) is 2.02. The van der Waals surface area contributed by atoms with E-state index in [2.05, 4.69) is 94.9 Å². The molecule has 0 spiro atoms. The van der Waals surface area contributed by atoms with E-state index in [1.54, 1.807) is 9.12 Å². The normalized spacial score (nSPS) is 10.7. The zero-order chi connectivity index (χ0) is 13.3. The summed E-state index contributed by atoms with van der Waals surface area (Å²) in [5.74, 6) is 0. The number of aryl methyl sites for hydroxylation is 1. The third-order valence-corrected chi connectivity index (χ3v) is 4.94. The van der Waals surface area contributed by atoms with Crippen LogP contribution in [0.15, 0.2) is 28.3 Å². The number of benzene rings is 1. The lowest BCUT2D eigenvalue weighted by atomic mass is 10.00. The molecule has 0 unspecified atom stereocenters. The molecule has 1 aromatic carbocycles. The largest absolute Gasteiger partial charge is 0.282 e. The molecule has 0 aliphatic heterocycles. The van der Waals surface area contributed by atoms with Crippen molar-refractivity contribution in [3.63, 3.8) is 0 Å². The van der Waals surface area contributed by atoms with E-state index in [0.717, 1.165) is 3.39 Å². The lowest BCUT2D eigenvalue weighted by Crippen LogP contribution is -1.89. The molecule has 2 rings (SSSR count). The average Bonchev–Trinajstić information content (AvgIpc) is 2.75. The van der Waals surface area contributed by atoms with Gasteiger partial charge >= 0.3 is 0 Å². The quantitative estimate of drug-likeness (QED) is 0.436.